The van der Waals surface area contributed by atoms with Crippen LogP contribution in [0.5, 0.6) is 0 Å². The number of benzene rings is 1. The van der Waals surface area contributed by atoms with Crippen molar-refractivity contribution in [2.45, 2.75) is 49.8 Å². The largest absolute Gasteiger partial charge is 0.387 e. The van der Waals surface area contributed by atoms with Gasteiger partial charge < -0.3 is 25.6 Å². The first-order valence-electron chi connectivity index (χ1n) is 13.5. The summed E-state index contributed by atoms with van der Waals surface area (Å²) in [4.78, 5) is 30.8. The molecule has 0 spiro atoms. The SMILES string of the molecule is [2H]C([2H])([2H])NC(=O)[C@H]1O[C@@H](n2cnc3c(NCc4ccccc4)nc(-c4cncc(C5CC5)c4)nc32)[C@H](O)[C@@H]1O. The molecule has 190 valence electrons. The Bertz CT molecular complexity index is 1540. The van der Waals surface area contributed by atoms with Crippen molar-refractivity contribution in [1.29, 1.82) is 0 Å². The number of fused-ring (bicyclic) bond motifs is 1. The molecule has 11 heteroatoms. The summed E-state index contributed by atoms with van der Waals surface area (Å²) in [5.74, 6) is 0.203. The zero-order chi connectivity index (χ0) is 28.0. The summed E-state index contributed by atoms with van der Waals surface area (Å²) in [5.41, 5.74) is 3.49. The molecule has 1 amide bonds. The van der Waals surface area contributed by atoms with Crippen LogP contribution in [0.3, 0.4) is 0 Å². The van der Waals surface area contributed by atoms with Crippen LogP contribution < -0.4 is 10.6 Å². The molecule has 1 aromatic carbocycles. The van der Waals surface area contributed by atoms with E-state index in [0.29, 0.717) is 35.2 Å². The molecule has 2 fully saturated rings. The number of imidazole rings is 1. The second kappa shape index (κ2) is 9.51. The minimum absolute atomic E-state index is 0.283. The van der Waals surface area contributed by atoms with Gasteiger partial charge in [0.25, 0.3) is 5.91 Å². The minimum Gasteiger partial charge on any atom is -0.387 e. The third kappa shape index (κ3) is 4.41. The quantitative estimate of drug-likeness (QED) is 0.295. The molecule has 0 radical (unpaired) electrons. The third-order valence-electron chi connectivity index (χ3n) is 6.68. The Balaban J connectivity index is 1.39. The zero-order valence-electron chi connectivity index (χ0n) is 22.7. The van der Waals surface area contributed by atoms with Gasteiger partial charge in [0.15, 0.2) is 35.1 Å². The smallest absolute Gasteiger partial charge is 0.251 e. The van der Waals surface area contributed by atoms with Crippen LogP contribution in [0.2, 0.25) is 0 Å². The number of anilines is 1. The number of hydrogen-bond acceptors (Lipinski definition) is 9. The molecule has 4 N–H and O–H groups in total. The number of ether oxygens (including phenoxy) is 1. The highest BCUT2D eigenvalue weighted by Gasteiger charge is 2.47. The monoisotopic (exact) mass is 504 g/mol. The average molecular weight is 505 g/mol. The van der Waals surface area contributed by atoms with E-state index in [1.807, 2.05) is 42.6 Å². The molecule has 1 aliphatic heterocycles. The van der Waals surface area contributed by atoms with Gasteiger partial charge in [0, 0.05) is 35.6 Å². The molecule has 6 rings (SSSR count). The first-order valence-corrected chi connectivity index (χ1v) is 12.0. The molecular formula is C26H27N7O4. The highest BCUT2D eigenvalue weighted by atomic mass is 16.6. The van der Waals surface area contributed by atoms with Crippen LogP contribution in [0.4, 0.5) is 5.82 Å². The maximum atomic E-state index is 12.5. The first kappa shape index (κ1) is 20.2. The number of hydrogen-bond donors (Lipinski definition) is 4. The fraction of sp³-hybridized carbons (Fsp3) is 0.346. The van der Waals surface area contributed by atoms with Gasteiger partial charge in [-0.3, -0.25) is 14.3 Å². The van der Waals surface area contributed by atoms with E-state index in [0.717, 1.165) is 24.0 Å². The Kier molecular flexibility index (Phi) is 5.18. The molecule has 0 unspecified atom stereocenters. The Morgan fingerprint density at radius 2 is 2.03 bits per heavy atom. The topological polar surface area (TPSA) is 147 Å². The van der Waals surface area contributed by atoms with E-state index in [9.17, 15) is 15.0 Å². The number of pyridine rings is 1. The number of carbonyl (C=O) groups excluding carboxylic acids is 1. The second-order valence-electron chi connectivity index (χ2n) is 9.26. The van der Waals surface area contributed by atoms with E-state index >= 15 is 0 Å². The van der Waals surface area contributed by atoms with Crippen molar-refractivity contribution < 1.29 is 23.9 Å². The Morgan fingerprint density at radius 1 is 1.19 bits per heavy atom. The maximum Gasteiger partial charge on any atom is 0.251 e. The lowest BCUT2D eigenvalue weighted by molar-refractivity contribution is -0.137. The predicted octanol–water partition coefficient (Wildman–Crippen LogP) is 1.74. The second-order valence-corrected chi connectivity index (χ2v) is 9.26. The van der Waals surface area contributed by atoms with Crippen molar-refractivity contribution >= 4 is 22.9 Å². The molecule has 1 saturated heterocycles. The van der Waals surface area contributed by atoms with Gasteiger partial charge in [-0.1, -0.05) is 30.3 Å². The number of rotatable bonds is 7. The average Bonchev–Trinajstić information content (AvgIpc) is 3.64. The molecule has 0 bridgehead atoms. The van der Waals surface area contributed by atoms with Crippen LogP contribution >= 0.6 is 0 Å². The van der Waals surface area contributed by atoms with Crippen molar-refractivity contribution in [3.05, 3.63) is 66.2 Å². The van der Waals surface area contributed by atoms with Gasteiger partial charge >= 0.3 is 0 Å². The molecular weight excluding hydrogens is 474 g/mol. The van der Waals surface area contributed by atoms with Crippen LogP contribution in [0, 0.1) is 0 Å². The Hall–Kier alpha value is -3.93. The number of nitrogens with one attached hydrogen (secondary N) is 2. The summed E-state index contributed by atoms with van der Waals surface area (Å²) < 4.78 is 28.9. The minimum atomic E-state index is -2.78. The fourth-order valence-electron chi connectivity index (χ4n) is 4.53. The molecule has 1 aliphatic carbocycles. The normalized spacial score (nSPS) is 24.9. The van der Waals surface area contributed by atoms with Gasteiger partial charge in [-0.15, -0.1) is 0 Å². The van der Waals surface area contributed by atoms with E-state index < -0.39 is 37.4 Å². The highest BCUT2D eigenvalue weighted by Crippen LogP contribution is 2.41. The molecule has 4 aromatic rings. The third-order valence-corrected chi connectivity index (χ3v) is 6.68. The number of amides is 1. The van der Waals surface area contributed by atoms with E-state index in [1.165, 1.54) is 10.9 Å². The van der Waals surface area contributed by atoms with Gasteiger partial charge in [-0.2, -0.15) is 0 Å². The lowest BCUT2D eigenvalue weighted by Gasteiger charge is -2.17. The van der Waals surface area contributed by atoms with Crippen molar-refractivity contribution in [3.63, 3.8) is 0 Å². The number of carbonyl (C=O) groups is 1. The predicted molar refractivity (Wildman–Crippen MR) is 134 cm³/mol. The summed E-state index contributed by atoms with van der Waals surface area (Å²) in [6, 6.07) is 11.8. The molecule has 4 heterocycles. The van der Waals surface area contributed by atoms with Crippen LogP contribution in [0.25, 0.3) is 22.6 Å². The molecule has 4 atom stereocenters. The van der Waals surface area contributed by atoms with Crippen molar-refractivity contribution in [2.75, 3.05) is 12.3 Å². The van der Waals surface area contributed by atoms with Crippen LogP contribution in [0.1, 0.15) is 40.2 Å². The lowest BCUT2D eigenvalue weighted by atomic mass is 10.1. The number of aromatic nitrogens is 5. The summed E-state index contributed by atoms with van der Waals surface area (Å²) in [6.45, 7) is -2.33. The van der Waals surface area contributed by atoms with Gasteiger partial charge in [0.1, 0.15) is 12.2 Å². The number of aliphatic hydroxyl groups is 2. The summed E-state index contributed by atoms with van der Waals surface area (Å²) in [6.07, 6.45) is 0.976. The molecule has 1 saturated carbocycles. The van der Waals surface area contributed by atoms with E-state index in [4.69, 9.17) is 18.8 Å². The maximum absolute atomic E-state index is 12.5. The van der Waals surface area contributed by atoms with Crippen LogP contribution in [0.15, 0.2) is 55.1 Å². The first-order chi connectivity index (χ1) is 19.2. The van der Waals surface area contributed by atoms with Crippen LogP contribution in [-0.2, 0) is 16.1 Å². The van der Waals surface area contributed by atoms with Gasteiger partial charge in [0.05, 0.1) is 6.33 Å². The van der Waals surface area contributed by atoms with E-state index in [2.05, 4.69) is 15.3 Å². The Morgan fingerprint density at radius 3 is 2.81 bits per heavy atom. The zero-order valence-corrected chi connectivity index (χ0v) is 19.7. The lowest BCUT2D eigenvalue weighted by Crippen LogP contribution is -2.41. The summed E-state index contributed by atoms with van der Waals surface area (Å²) in [7, 11) is 0. The standard InChI is InChI=1S/C26H27N7O4/c1-27-25(36)21-19(34)20(35)26(37-21)33-13-30-18-23(29-10-14-5-3-2-4-6-14)31-22(32-24(18)33)17-9-16(11-28-12-17)15-7-8-15/h2-6,9,11-13,15,19-21,26,34-35H,7-8,10H2,1H3,(H,27,36)(H,29,31,32)/t19-,20+,21-,26+/m0/s1/i1D3. The van der Waals surface area contributed by atoms with Crippen molar-refractivity contribution in [1.82, 2.24) is 29.8 Å². The summed E-state index contributed by atoms with van der Waals surface area (Å²) in [5, 5.41) is 26.5. The highest BCUT2D eigenvalue weighted by molar-refractivity contribution is 5.85. The number of nitrogens with zero attached hydrogens (tertiary/aromatic N) is 5. The van der Waals surface area contributed by atoms with Gasteiger partial charge in [0.2, 0.25) is 0 Å². The van der Waals surface area contributed by atoms with Gasteiger partial charge in [-0.25, -0.2) is 15.0 Å². The Labute approximate surface area is 216 Å². The summed E-state index contributed by atoms with van der Waals surface area (Å²) >= 11 is 0. The molecule has 11 nitrogen and oxygen atoms in total. The van der Waals surface area contributed by atoms with Crippen molar-refractivity contribution in [2.24, 2.45) is 0 Å². The van der Waals surface area contributed by atoms with E-state index in [1.54, 1.807) is 11.5 Å². The van der Waals surface area contributed by atoms with Gasteiger partial charge in [-0.05, 0) is 36.0 Å². The molecule has 37 heavy (non-hydrogen) atoms. The number of likely N-dealkylation sites (N-methyl/N-ethyl adjacent to an activating group) is 1. The number of aliphatic hydroxyl groups excluding tert-OH is 2. The van der Waals surface area contributed by atoms with E-state index in [-0.39, 0.29) is 5.65 Å². The molecule has 2 aliphatic rings. The molecule has 3 aromatic heterocycles. The van der Waals surface area contributed by atoms with Crippen LogP contribution in [-0.4, -0.2) is 65.9 Å². The van der Waals surface area contributed by atoms with Crippen molar-refractivity contribution in [3.8, 4) is 11.4 Å². The fourth-order valence-corrected chi connectivity index (χ4v) is 4.53.